The molecule has 0 bridgehead atoms. The summed E-state index contributed by atoms with van der Waals surface area (Å²) < 4.78 is 6.49. The van der Waals surface area contributed by atoms with E-state index in [2.05, 4.69) is 38.2 Å². The Morgan fingerprint density at radius 2 is 2.19 bits per heavy atom. The van der Waals surface area contributed by atoms with Crippen LogP contribution in [0.25, 0.3) is 0 Å². The highest BCUT2D eigenvalue weighted by Crippen LogP contribution is 2.14. The molecule has 0 atom stereocenters. The van der Waals surface area contributed by atoms with Gasteiger partial charge in [0.25, 0.3) is 0 Å². The van der Waals surface area contributed by atoms with Gasteiger partial charge < -0.3 is 15.4 Å². The van der Waals surface area contributed by atoms with Gasteiger partial charge in [-0.15, -0.1) is 0 Å². The number of carbonyl (C=O) groups is 1. The second-order valence-electron chi connectivity index (χ2n) is 4.22. The monoisotopic (exact) mass is 397 g/mol. The van der Waals surface area contributed by atoms with Crippen LogP contribution in [0.2, 0.25) is 0 Å². The standard InChI is InChI=1S/C15H16IN3O2/c1-2-21-14-11(5-4-8-17-14)10-18-15(20)19-13-7-3-6-12(16)9-13/h3-9H,2,10H2,1H3,(H2,18,19,20). The third-order valence-electron chi connectivity index (χ3n) is 2.65. The van der Waals surface area contributed by atoms with Crippen molar-refractivity contribution in [3.8, 4) is 5.88 Å². The second-order valence-corrected chi connectivity index (χ2v) is 5.46. The molecule has 2 aromatic rings. The lowest BCUT2D eigenvalue weighted by molar-refractivity contribution is 0.251. The first-order chi connectivity index (χ1) is 10.2. The van der Waals surface area contributed by atoms with Gasteiger partial charge in [-0.1, -0.05) is 12.1 Å². The van der Waals surface area contributed by atoms with Gasteiger partial charge in [-0.05, 0) is 53.8 Å². The molecule has 0 aliphatic rings. The zero-order valence-electron chi connectivity index (χ0n) is 11.6. The van der Waals surface area contributed by atoms with E-state index in [0.29, 0.717) is 19.0 Å². The van der Waals surface area contributed by atoms with E-state index < -0.39 is 0 Å². The number of nitrogens with one attached hydrogen (secondary N) is 2. The Balaban J connectivity index is 1.92. The van der Waals surface area contributed by atoms with Gasteiger partial charge in [0.15, 0.2) is 0 Å². The van der Waals surface area contributed by atoms with Gasteiger partial charge in [0.1, 0.15) is 0 Å². The molecule has 0 unspecified atom stereocenters. The summed E-state index contributed by atoms with van der Waals surface area (Å²) >= 11 is 2.20. The maximum Gasteiger partial charge on any atom is 0.319 e. The second kappa shape index (κ2) is 7.82. The Bertz CT molecular complexity index is 619. The van der Waals surface area contributed by atoms with Crippen molar-refractivity contribution in [3.05, 3.63) is 51.7 Å². The Labute approximate surface area is 137 Å². The van der Waals surface area contributed by atoms with Crippen LogP contribution in [-0.2, 0) is 6.54 Å². The molecule has 2 rings (SSSR count). The van der Waals surface area contributed by atoms with E-state index >= 15 is 0 Å². The van der Waals surface area contributed by atoms with Crippen LogP contribution in [0.3, 0.4) is 0 Å². The molecule has 21 heavy (non-hydrogen) atoms. The number of ether oxygens (including phenoxy) is 1. The largest absolute Gasteiger partial charge is 0.478 e. The maximum absolute atomic E-state index is 11.9. The van der Waals surface area contributed by atoms with Crippen molar-refractivity contribution in [1.82, 2.24) is 10.3 Å². The van der Waals surface area contributed by atoms with Crippen LogP contribution in [0.5, 0.6) is 5.88 Å². The third-order valence-corrected chi connectivity index (χ3v) is 3.32. The molecule has 0 radical (unpaired) electrons. The highest BCUT2D eigenvalue weighted by atomic mass is 127. The predicted octanol–water partition coefficient (Wildman–Crippen LogP) is 3.41. The number of carbonyl (C=O) groups excluding carboxylic acids is 1. The number of hydrogen-bond acceptors (Lipinski definition) is 3. The molecule has 2 N–H and O–H groups in total. The molecule has 6 heteroatoms. The molecule has 5 nitrogen and oxygen atoms in total. The maximum atomic E-state index is 11.9. The number of hydrogen-bond donors (Lipinski definition) is 2. The number of nitrogens with zero attached hydrogens (tertiary/aromatic N) is 1. The summed E-state index contributed by atoms with van der Waals surface area (Å²) in [5, 5.41) is 5.58. The topological polar surface area (TPSA) is 63.2 Å². The number of amides is 2. The minimum absolute atomic E-state index is 0.261. The summed E-state index contributed by atoms with van der Waals surface area (Å²) in [6.45, 7) is 2.80. The van der Waals surface area contributed by atoms with E-state index in [4.69, 9.17) is 4.74 Å². The molecule has 0 aliphatic carbocycles. The molecule has 1 heterocycles. The molecule has 0 fully saturated rings. The van der Waals surface area contributed by atoms with Crippen LogP contribution in [0.4, 0.5) is 10.5 Å². The number of urea groups is 1. The molecular weight excluding hydrogens is 381 g/mol. The molecule has 1 aromatic heterocycles. The van der Waals surface area contributed by atoms with Crippen molar-refractivity contribution in [2.45, 2.75) is 13.5 Å². The Morgan fingerprint density at radius 1 is 1.33 bits per heavy atom. The van der Waals surface area contributed by atoms with Crippen LogP contribution in [0.15, 0.2) is 42.6 Å². The number of halogens is 1. The number of aromatic nitrogens is 1. The van der Waals surface area contributed by atoms with Crippen molar-refractivity contribution in [2.75, 3.05) is 11.9 Å². The van der Waals surface area contributed by atoms with Gasteiger partial charge in [0.2, 0.25) is 5.88 Å². The van der Waals surface area contributed by atoms with E-state index in [1.807, 2.05) is 43.3 Å². The number of rotatable bonds is 5. The van der Waals surface area contributed by atoms with Crippen LogP contribution < -0.4 is 15.4 Å². The van der Waals surface area contributed by atoms with Crippen LogP contribution >= 0.6 is 22.6 Å². The van der Waals surface area contributed by atoms with Gasteiger partial charge in [-0.25, -0.2) is 9.78 Å². The highest BCUT2D eigenvalue weighted by Gasteiger charge is 2.06. The van der Waals surface area contributed by atoms with E-state index in [1.165, 1.54) is 0 Å². The van der Waals surface area contributed by atoms with E-state index in [1.54, 1.807) is 6.20 Å². The summed E-state index contributed by atoms with van der Waals surface area (Å²) in [4.78, 5) is 16.0. The van der Waals surface area contributed by atoms with Crippen molar-refractivity contribution in [3.63, 3.8) is 0 Å². The van der Waals surface area contributed by atoms with Crippen LogP contribution in [0, 0.1) is 3.57 Å². The normalized spacial score (nSPS) is 10.0. The third kappa shape index (κ3) is 4.89. The summed E-state index contributed by atoms with van der Waals surface area (Å²) in [7, 11) is 0. The van der Waals surface area contributed by atoms with E-state index in [-0.39, 0.29) is 6.03 Å². The lowest BCUT2D eigenvalue weighted by atomic mass is 10.2. The lowest BCUT2D eigenvalue weighted by Gasteiger charge is -2.10. The smallest absolute Gasteiger partial charge is 0.319 e. The molecule has 0 saturated heterocycles. The van der Waals surface area contributed by atoms with Crippen molar-refractivity contribution in [1.29, 1.82) is 0 Å². The highest BCUT2D eigenvalue weighted by molar-refractivity contribution is 14.1. The number of anilines is 1. The fraction of sp³-hybridized carbons (Fsp3) is 0.200. The summed E-state index contributed by atoms with van der Waals surface area (Å²) in [6.07, 6.45) is 1.67. The molecule has 1 aromatic carbocycles. The van der Waals surface area contributed by atoms with Gasteiger partial charge in [0, 0.05) is 27.6 Å². The first-order valence-electron chi connectivity index (χ1n) is 6.56. The number of pyridine rings is 1. The molecule has 0 spiro atoms. The molecule has 0 aliphatic heterocycles. The first-order valence-corrected chi connectivity index (χ1v) is 7.64. The van der Waals surface area contributed by atoms with Crippen molar-refractivity contribution in [2.24, 2.45) is 0 Å². The quantitative estimate of drug-likeness (QED) is 0.761. The fourth-order valence-electron chi connectivity index (χ4n) is 1.74. The molecular formula is C15H16IN3O2. The number of benzene rings is 1. The average Bonchev–Trinajstić information content (AvgIpc) is 2.47. The van der Waals surface area contributed by atoms with Gasteiger partial charge >= 0.3 is 6.03 Å². The summed E-state index contributed by atoms with van der Waals surface area (Å²) in [5.41, 5.74) is 1.60. The van der Waals surface area contributed by atoms with Crippen molar-refractivity contribution < 1.29 is 9.53 Å². The zero-order chi connectivity index (χ0) is 15.1. The van der Waals surface area contributed by atoms with Gasteiger partial charge in [0.05, 0.1) is 6.61 Å². The summed E-state index contributed by atoms with van der Waals surface area (Å²) in [6, 6.07) is 11.0. The average molecular weight is 397 g/mol. The summed E-state index contributed by atoms with van der Waals surface area (Å²) in [5.74, 6) is 0.551. The Kier molecular flexibility index (Phi) is 5.79. The fourth-order valence-corrected chi connectivity index (χ4v) is 2.29. The predicted molar refractivity (Wildman–Crippen MR) is 90.4 cm³/mol. The minimum Gasteiger partial charge on any atom is -0.478 e. The van der Waals surface area contributed by atoms with Gasteiger partial charge in [-0.3, -0.25) is 0 Å². The van der Waals surface area contributed by atoms with Crippen LogP contribution in [0.1, 0.15) is 12.5 Å². The van der Waals surface area contributed by atoms with Gasteiger partial charge in [-0.2, -0.15) is 0 Å². The minimum atomic E-state index is -0.261. The van der Waals surface area contributed by atoms with E-state index in [9.17, 15) is 4.79 Å². The first kappa shape index (κ1) is 15.6. The molecule has 0 saturated carbocycles. The zero-order valence-corrected chi connectivity index (χ0v) is 13.8. The Hall–Kier alpha value is -1.83. The van der Waals surface area contributed by atoms with Crippen molar-refractivity contribution >= 4 is 34.3 Å². The Morgan fingerprint density at radius 3 is 2.95 bits per heavy atom. The lowest BCUT2D eigenvalue weighted by Crippen LogP contribution is -2.28. The molecule has 2 amide bonds. The SMILES string of the molecule is CCOc1ncccc1CNC(=O)Nc1cccc(I)c1. The molecule has 110 valence electrons. The van der Waals surface area contributed by atoms with Crippen LogP contribution in [-0.4, -0.2) is 17.6 Å². The van der Waals surface area contributed by atoms with E-state index in [0.717, 1.165) is 14.8 Å².